The Morgan fingerprint density at radius 3 is 2.58 bits per heavy atom. The first-order valence-corrected chi connectivity index (χ1v) is 9.46. The number of hydrogen-bond donors (Lipinski definition) is 0. The highest BCUT2D eigenvalue weighted by molar-refractivity contribution is 8.00. The molecule has 0 radical (unpaired) electrons. The van der Waals surface area contributed by atoms with Crippen molar-refractivity contribution < 1.29 is 18.3 Å². The molecule has 1 atom stereocenters. The van der Waals surface area contributed by atoms with Gasteiger partial charge in [0, 0.05) is 5.56 Å². The number of aromatic nitrogens is 4. The predicted molar refractivity (Wildman–Crippen MR) is 92.7 cm³/mol. The Kier molecular flexibility index (Phi) is 6.18. The molecule has 0 bridgehead atoms. The van der Waals surface area contributed by atoms with E-state index in [4.69, 9.17) is 0 Å². The van der Waals surface area contributed by atoms with Crippen molar-refractivity contribution in [1.29, 1.82) is 0 Å². The van der Waals surface area contributed by atoms with Gasteiger partial charge >= 0.3 is 6.61 Å². The zero-order valence-corrected chi connectivity index (χ0v) is 15.2. The summed E-state index contributed by atoms with van der Waals surface area (Å²) >= 11 is 1.31. The number of ether oxygens (including phenoxy) is 1. The van der Waals surface area contributed by atoms with Crippen molar-refractivity contribution in [1.82, 2.24) is 20.2 Å². The third-order valence-corrected chi connectivity index (χ3v) is 5.45. The number of rotatable bonds is 7. The van der Waals surface area contributed by atoms with E-state index in [-0.39, 0.29) is 17.6 Å². The van der Waals surface area contributed by atoms with Crippen molar-refractivity contribution in [3.8, 4) is 5.75 Å². The Morgan fingerprint density at radius 1 is 1.23 bits per heavy atom. The smallest absolute Gasteiger partial charge is 0.387 e. The Morgan fingerprint density at radius 2 is 1.92 bits per heavy atom. The number of hydrogen-bond acceptors (Lipinski definition) is 6. The summed E-state index contributed by atoms with van der Waals surface area (Å²) in [6.07, 6.45) is 5.66. The maximum absolute atomic E-state index is 12.6. The van der Waals surface area contributed by atoms with Crippen LogP contribution in [0.15, 0.2) is 29.4 Å². The molecule has 1 aromatic heterocycles. The number of alkyl halides is 2. The molecule has 6 nitrogen and oxygen atoms in total. The van der Waals surface area contributed by atoms with E-state index in [2.05, 4.69) is 20.3 Å². The van der Waals surface area contributed by atoms with Crippen LogP contribution in [-0.4, -0.2) is 37.9 Å². The molecule has 140 valence electrons. The molecule has 1 aromatic carbocycles. The molecule has 0 N–H and O–H groups in total. The van der Waals surface area contributed by atoms with Gasteiger partial charge < -0.3 is 4.74 Å². The zero-order valence-electron chi connectivity index (χ0n) is 14.3. The molecule has 1 aliphatic rings. The number of carbonyl (C=O) groups is 1. The van der Waals surface area contributed by atoms with E-state index in [1.165, 1.54) is 42.4 Å². The Balaban J connectivity index is 1.65. The highest BCUT2D eigenvalue weighted by Crippen LogP contribution is 2.32. The van der Waals surface area contributed by atoms with E-state index in [0.29, 0.717) is 10.7 Å². The topological polar surface area (TPSA) is 69.9 Å². The molecule has 1 fully saturated rings. The van der Waals surface area contributed by atoms with Gasteiger partial charge in [0.25, 0.3) is 0 Å². The molecule has 1 unspecified atom stereocenters. The average Bonchev–Trinajstić information content (AvgIpc) is 3.10. The maximum Gasteiger partial charge on any atom is 0.387 e. The van der Waals surface area contributed by atoms with Crippen LogP contribution in [-0.2, 0) is 0 Å². The van der Waals surface area contributed by atoms with Gasteiger partial charge in [0.2, 0.25) is 5.16 Å². The van der Waals surface area contributed by atoms with E-state index >= 15 is 0 Å². The molecule has 1 heterocycles. The van der Waals surface area contributed by atoms with E-state index in [9.17, 15) is 13.6 Å². The third-order valence-electron chi connectivity index (χ3n) is 4.40. The van der Waals surface area contributed by atoms with E-state index in [1.807, 2.05) is 4.68 Å². The number of thioether (sulfide) groups is 1. The number of tetrazole rings is 1. The number of Topliss-reactive ketones (excluding diaryl/α,β-unsaturated/α-hetero) is 1. The second-order valence-electron chi connectivity index (χ2n) is 6.23. The second-order valence-corrected chi connectivity index (χ2v) is 7.53. The number of nitrogens with zero attached hydrogens (tertiary/aromatic N) is 4. The quantitative estimate of drug-likeness (QED) is 0.529. The zero-order chi connectivity index (χ0) is 18.5. The van der Waals surface area contributed by atoms with Gasteiger partial charge in [0.15, 0.2) is 5.78 Å². The average molecular weight is 382 g/mol. The van der Waals surface area contributed by atoms with Gasteiger partial charge in [0.05, 0.1) is 11.3 Å². The molecule has 0 aliphatic heterocycles. The molecule has 0 saturated heterocycles. The summed E-state index contributed by atoms with van der Waals surface area (Å²) in [5, 5.41) is 12.2. The molecular formula is C17H20F2N4O2S. The van der Waals surface area contributed by atoms with Crippen LogP contribution in [0.3, 0.4) is 0 Å². The van der Waals surface area contributed by atoms with Crippen molar-refractivity contribution in [2.24, 2.45) is 0 Å². The van der Waals surface area contributed by atoms with Crippen LogP contribution >= 0.6 is 11.8 Å². The molecule has 26 heavy (non-hydrogen) atoms. The summed E-state index contributed by atoms with van der Waals surface area (Å²) in [4.78, 5) is 12.6. The van der Waals surface area contributed by atoms with Crippen LogP contribution in [0.4, 0.5) is 8.78 Å². The van der Waals surface area contributed by atoms with Crippen LogP contribution in [0.5, 0.6) is 5.75 Å². The molecule has 1 aliphatic carbocycles. The maximum atomic E-state index is 12.6. The summed E-state index contributed by atoms with van der Waals surface area (Å²) < 4.78 is 30.5. The minimum absolute atomic E-state index is 0.0260. The first-order chi connectivity index (χ1) is 12.5. The van der Waals surface area contributed by atoms with E-state index < -0.39 is 11.9 Å². The summed E-state index contributed by atoms with van der Waals surface area (Å²) in [7, 11) is 0. The monoisotopic (exact) mass is 382 g/mol. The van der Waals surface area contributed by atoms with Crippen LogP contribution in [0.25, 0.3) is 0 Å². The standard InChI is InChI=1S/C17H20F2N4O2S/c1-11(15(24)12-7-9-14(10-8-12)25-16(18)19)26-17-20-21-22-23(17)13-5-3-2-4-6-13/h7-11,13,16H,2-6H2,1H3. The Hall–Kier alpha value is -2.03. The van der Waals surface area contributed by atoms with Crippen molar-refractivity contribution >= 4 is 17.5 Å². The van der Waals surface area contributed by atoms with Crippen LogP contribution in [0, 0.1) is 0 Å². The number of carbonyl (C=O) groups excluding carboxylic acids is 1. The number of ketones is 1. The van der Waals surface area contributed by atoms with Gasteiger partial charge in [-0.1, -0.05) is 31.0 Å². The number of benzene rings is 1. The number of halogens is 2. The highest BCUT2D eigenvalue weighted by Gasteiger charge is 2.24. The van der Waals surface area contributed by atoms with Gasteiger partial charge in [0.1, 0.15) is 5.75 Å². The van der Waals surface area contributed by atoms with Crippen molar-refractivity contribution in [2.75, 3.05) is 0 Å². The van der Waals surface area contributed by atoms with Gasteiger partial charge in [-0.3, -0.25) is 4.79 Å². The van der Waals surface area contributed by atoms with Crippen LogP contribution in [0.1, 0.15) is 55.4 Å². The fourth-order valence-corrected chi connectivity index (χ4v) is 4.00. The lowest BCUT2D eigenvalue weighted by molar-refractivity contribution is -0.0498. The second kappa shape index (κ2) is 8.57. The lowest BCUT2D eigenvalue weighted by Crippen LogP contribution is -2.18. The summed E-state index contributed by atoms with van der Waals surface area (Å²) in [5.74, 6) is -0.0881. The first kappa shape index (κ1) is 18.8. The fraction of sp³-hybridized carbons (Fsp3) is 0.529. The lowest BCUT2D eigenvalue weighted by Gasteiger charge is -2.22. The van der Waals surface area contributed by atoms with Crippen molar-refractivity contribution in [3.63, 3.8) is 0 Å². The summed E-state index contributed by atoms with van der Waals surface area (Å²) in [6, 6.07) is 5.99. The largest absolute Gasteiger partial charge is 0.435 e. The van der Waals surface area contributed by atoms with Gasteiger partial charge in [-0.05, 0) is 54.5 Å². The van der Waals surface area contributed by atoms with E-state index in [0.717, 1.165) is 25.7 Å². The summed E-state index contributed by atoms with van der Waals surface area (Å²) in [5.41, 5.74) is 0.434. The predicted octanol–water partition coefficient (Wildman–Crippen LogP) is 4.14. The molecule has 0 amide bonds. The minimum atomic E-state index is -2.88. The van der Waals surface area contributed by atoms with Crippen molar-refractivity contribution in [3.05, 3.63) is 29.8 Å². The lowest BCUT2D eigenvalue weighted by atomic mass is 9.96. The molecule has 2 aromatic rings. The Bertz CT molecular complexity index is 733. The molecule has 3 rings (SSSR count). The normalized spacial score (nSPS) is 16.6. The van der Waals surface area contributed by atoms with Crippen LogP contribution < -0.4 is 4.74 Å². The van der Waals surface area contributed by atoms with Gasteiger partial charge in [-0.15, -0.1) is 5.10 Å². The van der Waals surface area contributed by atoms with Gasteiger partial charge in [-0.25, -0.2) is 4.68 Å². The van der Waals surface area contributed by atoms with Crippen LogP contribution in [0.2, 0.25) is 0 Å². The van der Waals surface area contributed by atoms with E-state index in [1.54, 1.807) is 6.92 Å². The first-order valence-electron chi connectivity index (χ1n) is 8.58. The molecule has 9 heteroatoms. The highest BCUT2D eigenvalue weighted by atomic mass is 32.2. The Labute approximate surface area is 154 Å². The fourth-order valence-electron chi connectivity index (χ4n) is 3.06. The third kappa shape index (κ3) is 4.57. The van der Waals surface area contributed by atoms with Gasteiger partial charge in [-0.2, -0.15) is 8.78 Å². The minimum Gasteiger partial charge on any atom is -0.435 e. The SMILES string of the molecule is CC(Sc1nnnn1C1CCCCC1)C(=O)c1ccc(OC(F)F)cc1. The molecule has 0 spiro atoms. The summed E-state index contributed by atoms with van der Waals surface area (Å²) in [6.45, 7) is -1.10. The molecule has 1 saturated carbocycles. The van der Waals surface area contributed by atoms with Crippen molar-refractivity contribution in [2.45, 2.75) is 62.1 Å². The molecular weight excluding hydrogens is 362 g/mol.